The van der Waals surface area contributed by atoms with Crippen LogP contribution in [-0.2, 0) is 4.79 Å². The number of nitrogens with one attached hydrogen (secondary N) is 1. The quantitative estimate of drug-likeness (QED) is 0.419. The summed E-state index contributed by atoms with van der Waals surface area (Å²) in [6.45, 7) is 2.05. The van der Waals surface area contributed by atoms with Gasteiger partial charge in [0.05, 0.1) is 12.9 Å². The van der Waals surface area contributed by atoms with Gasteiger partial charge in [-0.3, -0.25) is 9.36 Å². The van der Waals surface area contributed by atoms with Gasteiger partial charge in [0.25, 0.3) is 0 Å². The van der Waals surface area contributed by atoms with Crippen molar-refractivity contribution in [1.82, 2.24) is 14.8 Å². The van der Waals surface area contributed by atoms with Gasteiger partial charge in [0.1, 0.15) is 5.75 Å². The lowest BCUT2D eigenvalue weighted by Crippen LogP contribution is -2.14. The summed E-state index contributed by atoms with van der Waals surface area (Å²) in [6, 6.07) is 25.3. The normalized spacial score (nSPS) is 10.6. The van der Waals surface area contributed by atoms with Gasteiger partial charge in [-0.2, -0.15) is 0 Å². The van der Waals surface area contributed by atoms with Crippen molar-refractivity contribution in [3.05, 3.63) is 84.4 Å². The van der Waals surface area contributed by atoms with Crippen LogP contribution in [0.1, 0.15) is 5.56 Å². The standard InChI is InChI=1S/C24H22N4O2S/c1-17-8-6-12-20(14-17)28-23(18-9-4-3-5-10-18)26-27-24(28)31-16-22(29)25-19-11-7-13-21(15-19)30-2/h3-15H,16H2,1-2H3,(H,25,29). The highest BCUT2D eigenvalue weighted by Crippen LogP contribution is 2.28. The Morgan fingerprint density at radius 3 is 2.58 bits per heavy atom. The second-order valence-corrected chi connectivity index (χ2v) is 7.86. The van der Waals surface area contributed by atoms with Gasteiger partial charge in [0.2, 0.25) is 5.91 Å². The number of aromatic nitrogens is 3. The third kappa shape index (κ3) is 4.95. The van der Waals surface area contributed by atoms with Crippen molar-refractivity contribution in [3.8, 4) is 22.8 Å². The first-order chi connectivity index (χ1) is 15.1. The molecule has 0 radical (unpaired) electrons. The summed E-state index contributed by atoms with van der Waals surface area (Å²) in [5.74, 6) is 1.51. The fourth-order valence-electron chi connectivity index (χ4n) is 3.17. The first-order valence-electron chi connectivity index (χ1n) is 9.78. The molecule has 3 aromatic carbocycles. The average Bonchev–Trinajstić information content (AvgIpc) is 3.22. The van der Waals surface area contributed by atoms with Gasteiger partial charge in [0.15, 0.2) is 11.0 Å². The van der Waals surface area contributed by atoms with Crippen LogP contribution < -0.4 is 10.1 Å². The van der Waals surface area contributed by atoms with Gasteiger partial charge in [0, 0.05) is 23.0 Å². The van der Waals surface area contributed by atoms with E-state index in [-0.39, 0.29) is 11.7 Å². The SMILES string of the molecule is COc1cccc(NC(=O)CSc2nnc(-c3ccccc3)n2-c2cccc(C)c2)c1. The molecule has 0 aliphatic carbocycles. The summed E-state index contributed by atoms with van der Waals surface area (Å²) in [5.41, 5.74) is 3.75. The maximum absolute atomic E-state index is 12.5. The summed E-state index contributed by atoms with van der Waals surface area (Å²) in [7, 11) is 1.60. The number of nitrogens with zero attached hydrogens (tertiary/aromatic N) is 3. The molecule has 31 heavy (non-hydrogen) atoms. The van der Waals surface area contributed by atoms with E-state index in [0.29, 0.717) is 16.6 Å². The Balaban J connectivity index is 1.58. The number of hydrogen-bond acceptors (Lipinski definition) is 5. The molecular weight excluding hydrogens is 408 g/mol. The minimum absolute atomic E-state index is 0.127. The van der Waals surface area contributed by atoms with Crippen molar-refractivity contribution in [3.63, 3.8) is 0 Å². The van der Waals surface area contributed by atoms with E-state index in [1.807, 2.05) is 78.2 Å². The van der Waals surface area contributed by atoms with Gasteiger partial charge in [-0.05, 0) is 36.8 Å². The predicted octanol–water partition coefficient (Wildman–Crippen LogP) is 4.98. The van der Waals surface area contributed by atoms with Gasteiger partial charge in [-0.25, -0.2) is 0 Å². The van der Waals surface area contributed by atoms with E-state index in [2.05, 4.69) is 21.6 Å². The maximum Gasteiger partial charge on any atom is 0.234 e. The fourth-order valence-corrected chi connectivity index (χ4v) is 3.92. The monoisotopic (exact) mass is 430 g/mol. The topological polar surface area (TPSA) is 69.0 Å². The van der Waals surface area contributed by atoms with Crippen LogP contribution in [0.4, 0.5) is 5.69 Å². The Bertz CT molecular complexity index is 1190. The molecule has 1 heterocycles. The lowest BCUT2D eigenvalue weighted by atomic mass is 10.2. The Hall–Kier alpha value is -3.58. The van der Waals surface area contributed by atoms with Crippen molar-refractivity contribution in [1.29, 1.82) is 0 Å². The Labute approximate surface area is 185 Å². The molecule has 1 aromatic heterocycles. The molecule has 0 aliphatic rings. The minimum Gasteiger partial charge on any atom is -0.497 e. The summed E-state index contributed by atoms with van der Waals surface area (Å²) in [4.78, 5) is 12.5. The molecule has 156 valence electrons. The van der Waals surface area contributed by atoms with Crippen LogP contribution in [0.15, 0.2) is 84.0 Å². The first-order valence-corrected chi connectivity index (χ1v) is 10.8. The fraction of sp³-hybridized carbons (Fsp3) is 0.125. The lowest BCUT2D eigenvalue weighted by Gasteiger charge is -2.11. The number of rotatable bonds is 7. The van der Waals surface area contributed by atoms with Crippen LogP contribution in [0.25, 0.3) is 17.1 Å². The molecule has 7 heteroatoms. The van der Waals surface area contributed by atoms with E-state index in [1.54, 1.807) is 13.2 Å². The molecule has 0 aliphatic heterocycles. The second-order valence-electron chi connectivity index (χ2n) is 6.92. The van der Waals surface area contributed by atoms with E-state index < -0.39 is 0 Å². The summed E-state index contributed by atoms with van der Waals surface area (Å²) < 4.78 is 7.20. The van der Waals surface area contributed by atoms with E-state index in [1.165, 1.54) is 11.8 Å². The largest absolute Gasteiger partial charge is 0.497 e. The van der Waals surface area contributed by atoms with Gasteiger partial charge in [-0.1, -0.05) is 60.3 Å². The van der Waals surface area contributed by atoms with Crippen LogP contribution in [0.3, 0.4) is 0 Å². The molecule has 0 spiro atoms. The van der Waals surface area contributed by atoms with Gasteiger partial charge >= 0.3 is 0 Å². The average molecular weight is 431 g/mol. The molecule has 0 saturated carbocycles. The van der Waals surface area contributed by atoms with E-state index in [4.69, 9.17) is 4.74 Å². The Morgan fingerprint density at radius 2 is 1.81 bits per heavy atom. The number of hydrogen-bond donors (Lipinski definition) is 1. The third-order valence-corrected chi connectivity index (χ3v) is 5.54. The number of aryl methyl sites for hydroxylation is 1. The molecule has 0 bridgehead atoms. The highest BCUT2D eigenvalue weighted by molar-refractivity contribution is 7.99. The van der Waals surface area contributed by atoms with Crippen LogP contribution in [0.5, 0.6) is 5.75 Å². The van der Waals surface area contributed by atoms with Crippen molar-refractivity contribution in [2.45, 2.75) is 12.1 Å². The molecule has 0 unspecified atom stereocenters. The van der Waals surface area contributed by atoms with E-state index >= 15 is 0 Å². The summed E-state index contributed by atoms with van der Waals surface area (Å²) >= 11 is 1.35. The molecule has 4 aromatic rings. The van der Waals surface area contributed by atoms with E-state index in [9.17, 15) is 4.79 Å². The van der Waals surface area contributed by atoms with Crippen molar-refractivity contribution in [2.75, 3.05) is 18.2 Å². The molecule has 0 atom stereocenters. The molecule has 1 amide bonds. The number of carbonyl (C=O) groups excluding carboxylic acids is 1. The van der Waals surface area contributed by atoms with E-state index in [0.717, 1.165) is 22.6 Å². The van der Waals surface area contributed by atoms with Crippen molar-refractivity contribution < 1.29 is 9.53 Å². The summed E-state index contributed by atoms with van der Waals surface area (Å²) in [6.07, 6.45) is 0. The van der Waals surface area contributed by atoms with Crippen LogP contribution in [0.2, 0.25) is 0 Å². The predicted molar refractivity (Wildman–Crippen MR) is 124 cm³/mol. The molecule has 0 saturated heterocycles. The minimum atomic E-state index is -0.127. The van der Waals surface area contributed by atoms with Crippen LogP contribution in [-0.4, -0.2) is 33.5 Å². The zero-order chi connectivity index (χ0) is 21.6. The number of ether oxygens (including phenoxy) is 1. The third-order valence-electron chi connectivity index (χ3n) is 4.61. The maximum atomic E-state index is 12.5. The van der Waals surface area contributed by atoms with Gasteiger partial charge in [-0.15, -0.1) is 10.2 Å². The Kier molecular flexibility index (Phi) is 6.33. The lowest BCUT2D eigenvalue weighted by molar-refractivity contribution is -0.113. The van der Waals surface area contributed by atoms with Crippen molar-refractivity contribution >= 4 is 23.4 Å². The number of benzene rings is 3. The molecular formula is C24H22N4O2S. The molecule has 4 rings (SSSR count). The molecule has 0 fully saturated rings. The summed E-state index contributed by atoms with van der Waals surface area (Å²) in [5, 5.41) is 12.4. The number of amides is 1. The highest BCUT2D eigenvalue weighted by atomic mass is 32.2. The van der Waals surface area contributed by atoms with Crippen molar-refractivity contribution in [2.24, 2.45) is 0 Å². The Morgan fingerprint density at radius 1 is 1.00 bits per heavy atom. The smallest absolute Gasteiger partial charge is 0.234 e. The second kappa shape index (κ2) is 9.49. The molecule has 6 nitrogen and oxygen atoms in total. The van der Waals surface area contributed by atoms with Gasteiger partial charge < -0.3 is 10.1 Å². The molecule has 1 N–H and O–H groups in total. The number of methoxy groups -OCH3 is 1. The number of thioether (sulfide) groups is 1. The van der Waals surface area contributed by atoms with Crippen LogP contribution >= 0.6 is 11.8 Å². The zero-order valence-electron chi connectivity index (χ0n) is 17.3. The zero-order valence-corrected chi connectivity index (χ0v) is 18.1. The number of anilines is 1. The first kappa shape index (κ1) is 20.7. The highest BCUT2D eigenvalue weighted by Gasteiger charge is 2.17. The van der Waals surface area contributed by atoms with Crippen LogP contribution in [0, 0.1) is 6.92 Å². The number of carbonyl (C=O) groups is 1.